The van der Waals surface area contributed by atoms with Gasteiger partial charge in [-0.25, -0.2) is 0 Å². The van der Waals surface area contributed by atoms with Gasteiger partial charge in [-0.3, -0.25) is 0 Å². The van der Waals surface area contributed by atoms with Gasteiger partial charge in [-0.2, -0.15) is 4.98 Å². The van der Waals surface area contributed by atoms with Crippen molar-refractivity contribution in [3.8, 4) is 22.7 Å². The number of hydrogen-bond donors (Lipinski definition) is 0. The third kappa shape index (κ3) is 2.03. The monoisotopic (exact) mass is 255 g/mol. The molecule has 0 atom stereocenters. The Kier molecular flexibility index (Phi) is 2.87. The first-order chi connectivity index (χ1) is 9.29. The van der Waals surface area contributed by atoms with Crippen LogP contribution in [-0.2, 0) is 6.42 Å². The fourth-order valence-electron chi connectivity index (χ4n) is 1.92. The maximum absolute atomic E-state index is 5.28. The number of hydrogen-bond acceptors (Lipinski definition) is 5. The third-order valence-electron chi connectivity index (χ3n) is 2.91. The van der Waals surface area contributed by atoms with Crippen molar-refractivity contribution in [2.24, 2.45) is 0 Å². The Bertz CT molecular complexity index is 686. The van der Waals surface area contributed by atoms with E-state index >= 15 is 0 Å². The van der Waals surface area contributed by atoms with Crippen LogP contribution in [0.25, 0.3) is 22.7 Å². The van der Waals surface area contributed by atoms with Crippen LogP contribution in [-0.4, -0.2) is 15.3 Å². The van der Waals surface area contributed by atoms with Gasteiger partial charge in [-0.1, -0.05) is 47.6 Å². The Balaban J connectivity index is 2.14. The molecule has 2 heterocycles. The molecule has 0 unspecified atom stereocenters. The van der Waals surface area contributed by atoms with E-state index in [1.54, 1.807) is 0 Å². The Hall–Kier alpha value is -2.43. The topological polar surface area (TPSA) is 65.0 Å². The van der Waals surface area contributed by atoms with Crippen LogP contribution in [0, 0.1) is 6.92 Å². The molecule has 0 saturated heterocycles. The van der Waals surface area contributed by atoms with Crippen molar-refractivity contribution in [1.29, 1.82) is 0 Å². The molecule has 0 aliphatic heterocycles. The van der Waals surface area contributed by atoms with Gasteiger partial charge in [0.25, 0.3) is 5.89 Å². The fraction of sp³-hybridized carbons (Fsp3) is 0.214. The Labute approximate surface area is 110 Å². The molecule has 1 aromatic carbocycles. The van der Waals surface area contributed by atoms with Gasteiger partial charge in [-0.15, -0.1) is 0 Å². The largest absolute Gasteiger partial charge is 0.360 e. The summed E-state index contributed by atoms with van der Waals surface area (Å²) in [5.41, 5.74) is 2.45. The molecular weight excluding hydrogens is 242 g/mol. The minimum absolute atomic E-state index is 0.453. The molecule has 0 fully saturated rings. The number of aromatic nitrogens is 3. The van der Waals surface area contributed by atoms with Crippen molar-refractivity contribution < 1.29 is 9.05 Å². The van der Waals surface area contributed by atoms with Gasteiger partial charge in [0.2, 0.25) is 0 Å². The minimum atomic E-state index is 0.453. The zero-order valence-electron chi connectivity index (χ0n) is 10.8. The minimum Gasteiger partial charge on any atom is -0.360 e. The molecule has 19 heavy (non-hydrogen) atoms. The molecule has 0 amide bonds. The van der Waals surface area contributed by atoms with Crippen LogP contribution in [0.1, 0.15) is 18.5 Å². The smallest absolute Gasteiger partial charge is 0.263 e. The van der Waals surface area contributed by atoms with Gasteiger partial charge in [0, 0.05) is 12.0 Å². The first-order valence-corrected chi connectivity index (χ1v) is 6.14. The van der Waals surface area contributed by atoms with E-state index in [-0.39, 0.29) is 0 Å². The second-order valence-corrected chi connectivity index (χ2v) is 4.20. The first-order valence-electron chi connectivity index (χ1n) is 6.14. The Morgan fingerprint density at radius 2 is 1.84 bits per heavy atom. The summed E-state index contributed by atoms with van der Waals surface area (Å²) >= 11 is 0. The predicted molar refractivity (Wildman–Crippen MR) is 69.3 cm³/mol. The van der Waals surface area contributed by atoms with E-state index in [0.717, 1.165) is 23.2 Å². The van der Waals surface area contributed by atoms with E-state index in [1.165, 1.54) is 0 Å². The highest BCUT2D eigenvalue weighted by molar-refractivity contribution is 5.77. The fourth-order valence-corrected chi connectivity index (χ4v) is 1.92. The molecule has 3 rings (SSSR count). The lowest BCUT2D eigenvalue weighted by molar-refractivity contribution is 0.397. The Morgan fingerprint density at radius 1 is 1.05 bits per heavy atom. The molecule has 0 spiro atoms. The van der Waals surface area contributed by atoms with Crippen LogP contribution in [0.5, 0.6) is 0 Å². The van der Waals surface area contributed by atoms with Crippen molar-refractivity contribution >= 4 is 0 Å². The van der Waals surface area contributed by atoms with Gasteiger partial charge in [-0.05, 0) is 6.92 Å². The van der Waals surface area contributed by atoms with Crippen molar-refractivity contribution in [3.63, 3.8) is 0 Å². The molecule has 0 saturated carbocycles. The normalized spacial score (nSPS) is 10.8. The van der Waals surface area contributed by atoms with Crippen molar-refractivity contribution in [2.45, 2.75) is 20.3 Å². The van der Waals surface area contributed by atoms with E-state index in [1.807, 2.05) is 44.2 Å². The summed E-state index contributed by atoms with van der Waals surface area (Å²) in [6.07, 6.45) is 0.731. The van der Waals surface area contributed by atoms with Crippen LogP contribution >= 0.6 is 0 Å². The predicted octanol–water partition coefficient (Wildman–Crippen LogP) is 3.26. The summed E-state index contributed by atoms with van der Waals surface area (Å²) in [5.74, 6) is 1.80. The second kappa shape index (κ2) is 4.68. The van der Waals surface area contributed by atoms with E-state index in [9.17, 15) is 0 Å². The van der Waals surface area contributed by atoms with Gasteiger partial charge in [0.05, 0.1) is 0 Å². The molecule has 5 nitrogen and oxygen atoms in total. The van der Waals surface area contributed by atoms with Crippen LogP contribution in [0.4, 0.5) is 0 Å². The average molecular weight is 255 g/mol. The van der Waals surface area contributed by atoms with E-state index in [4.69, 9.17) is 9.05 Å². The summed E-state index contributed by atoms with van der Waals surface area (Å²) in [5, 5.41) is 8.01. The van der Waals surface area contributed by atoms with Crippen molar-refractivity contribution in [2.75, 3.05) is 0 Å². The van der Waals surface area contributed by atoms with Gasteiger partial charge < -0.3 is 9.05 Å². The van der Waals surface area contributed by atoms with E-state index < -0.39 is 0 Å². The van der Waals surface area contributed by atoms with Crippen LogP contribution in [0.3, 0.4) is 0 Å². The molecule has 0 aliphatic rings. The maximum Gasteiger partial charge on any atom is 0.263 e. The Morgan fingerprint density at radius 3 is 2.53 bits per heavy atom. The standard InChI is InChI=1S/C14H13N3O2/c1-3-11-15-14(19-16-11)12-9(2)18-17-13(12)10-7-5-4-6-8-10/h4-8H,3H2,1-2H3. The van der Waals surface area contributed by atoms with E-state index in [2.05, 4.69) is 15.3 Å². The van der Waals surface area contributed by atoms with Crippen LogP contribution in [0.2, 0.25) is 0 Å². The molecule has 5 heteroatoms. The van der Waals surface area contributed by atoms with E-state index in [0.29, 0.717) is 17.5 Å². The highest BCUT2D eigenvalue weighted by Crippen LogP contribution is 2.32. The maximum atomic E-state index is 5.28. The van der Waals surface area contributed by atoms with Crippen LogP contribution in [0.15, 0.2) is 39.4 Å². The lowest BCUT2D eigenvalue weighted by Crippen LogP contribution is -1.85. The zero-order valence-corrected chi connectivity index (χ0v) is 10.8. The SMILES string of the molecule is CCc1noc(-c2c(-c3ccccc3)noc2C)n1. The summed E-state index contributed by atoms with van der Waals surface area (Å²) in [4.78, 5) is 4.34. The lowest BCUT2D eigenvalue weighted by atomic mass is 10.1. The molecule has 0 aliphatic carbocycles. The molecule has 96 valence electrons. The average Bonchev–Trinajstić information content (AvgIpc) is 3.05. The van der Waals surface area contributed by atoms with Gasteiger partial charge in [0.15, 0.2) is 5.82 Å². The molecule has 0 radical (unpaired) electrons. The molecule has 3 aromatic rings. The number of nitrogens with zero attached hydrogens (tertiary/aromatic N) is 3. The summed E-state index contributed by atoms with van der Waals surface area (Å²) in [6.45, 7) is 3.82. The highest BCUT2D eigenvalue weighted by Gasteiger charge is 2.21. The molecule has 0 N–H and O–H groups in total. The van der Waals surface area contributed by atoms with Crippen LogP contribution < -0.4 is 0 Å². The first kappa shape index (κ1) is 11.6. The zero-order chi connectivity index (χ0) is 13.2. The highest BCUT2D eigenvalue weighted by atomic mass is 16.5. The number of benzene rings is 1. The second-order valence-electron chi connectivity index (χ2n) is 4.20. The quantitative estimate of drug-likeness (QED) is 0.718. The third-order valence-corrected chi connectivity index (χ3v) is 2.91. The van der Waals surface area contributed by atoms with Crippen molar-refractivity contribution in [1.82, 2.24) is 15.3 Å². The van der Waals surface area contributed by atoms with Crippen molar-refractivity contribution in [3.05, 3.63) is 41.9 Å². The molecule has 2 aromatic heterocycles. The van der Waals surface area contributed by atoms with Gasteiger partial charge >= 0.3 is 0 Å². The summed E-state index contributed by atoms with van der Waals surface area (Å²) in [7, 11) is 0. The lowest BCUT2D eigenvalue weighted by Gasteiger charge is -1.97. The number of aryl methyl sites for hydroxylation is 2. The summed E-state index contributed by atoms with van der Waals surface area (Å²) in [6, 6.07) is 9.80. The number of rotatable bonds is 3. The summed E-state index contributed by atoms with van der Waals surface area (Å²) < 4.78 is 10.6. The van der Waals surface area contributed by atoms with Gasteiger partial charge in [0.1, 0.15) is 17.0 Å². The molecular formula is C14H13N3O2. The molecule has 0 bridgehead atoms.